The molecule has 0 fully saturated rings. The molecule has 11 nitrogen and oxygen atoms in total. The van der Waals surface area contributed by atoms with Gasteiger partial charge in [-0.05, 0) is 42.0 Å². The van der Waals surface area contributed by atoms with Crippen LogP contribution >= 0.6 is 0 Å². The van der Waals surface area contributed by atoms with Crippen molar-refractivity contribution in [1.29, 1.82) is 0 Å². The molecule has 1 amide bonds. The number of benzene rings is 3. The number of aromatic nitrogens is 3. The molecule has 0 spiro atoms. The van der Waals surface area contributed by atoms with Gasteiger partial charge in [0.25, 0.3) is 5.91 Å². The second-order valence-electron chi connectivity index (χ2n) is 9.21. The molecule has 226 valence electrons. The molecule has 0 aliphatic heterocycles. The number of nitrogens with two attached hydrogens (primary N) is 1. The summed E-state index contributed by atoms with van der Waals surface area (Å²) in [7, 11) is 0. The molecule has 1 aromatic heterocycles. The van der Waals surface area contributed by atoms with E-state index in [1.807, 2.05) is 0 Å². The number of hydrogen-bond donors (Lipinski definition) is 5. The zero-order valence-corrected chi connectivity index (χ0v) is 23.5. The molecule has 0 radical (unpaired) electrons. The zero-order chi connectivity index (χ0) is 30.3. The summed E-state index contributed by atoms with van der Waals surface area (Å²) in [4.78, 5) is 25.9. The van der Waals surface area contributed by atoms with Gasteiger partial charge in [-0.1, -0.05) is 36.4 Å². The van der Waals surface area contributed by atoms with Crippen LogP contribution in [0.4, 0.5) is 32.3 Å². The average molecular weight is 593 g/mol. The number of anilines is 4. The first-order valence-electron chi connectivity index (χ1n) is 13.7. The Labute approximate surface area is 248 Å². The van der Waals surface area contributed by atoms with Gasteiger partial charge >= 0.3 is 0 Å². The Bertz CT molecular complexity index is 1460. The molecular weight excluding hydrogens is 558 g/mol. The molecule has 4 rings (SSSR count). The minimum Gasteiger partial charge on any atom is -0.378 e. The highest BCUT2D eigenvalue weighted by Crippen LogP contribution is 2.19. The predicted octanol–water partition coefficient (Wildman–Crippen LogP) is 3.84. The molecule has 4 aromatic rings. The fourth-order valence-corrected chi connectivity index (χ4v) is 3.80. The van der Waals surface area contributed by atoms with Crippen LogP contribution in [-0.2, 0) is 22.6 Å². The monoisotopic (exact) mass is 592 g/mol. The van der Waals surface area contributed by atoms with E-state index in [2.05, 4.69) is 36.2 Å². The van der Waals surface area contributed by atoms with Crippen molar-refractivity contribution in [3.8, 4) is 0 Å². The first kappa shape index (κ1) is 31.2. The summed E-state index contributed by atoms with van der Waals surface area (Å²) < 4.78 is 38.1. The molecular formula is C30H34F2N8O3. The van der Waals surface area contributed by atoms with Gasteiger partial charge in [0.05, 0.1) is 26.4 Å². The van der Waals surface area contributed by atoms with Crippen LogP contribution in [0.5, 0.6) is 0 Å². The quantitative estimate of drug-likeness (QED) is 0.115. The van der Waals surface area contributed by atoms with Crippen LogP contribution in [0.2, 0.25) is 0 Å². The number of rotatable bonds is 17. The normalized spacial score (nSPS) is 10.8. The van der Waals surface area contributed by atoms with E-state index < -0.39 is 0 Å². The summed E-state index contributed by atoms with van der Waals surface area (Å²) in [5.41, 5.74) is 7.63. The van der Waals surface area contributed by atoms with Crippen LogP contribution < -0.4 is 27.0 Å². The van der Waals surface area contributed by atoms with Crippen LogP contribution in [0.15, 0.2) is 72.8 Å². The van der Waals surface area contributed by atoms with E-state index in [1.165, 1.54) is 18.2 Å². The largest absolute Gasteiger partial charge is 0.378 e. The van der Waals surface area contributed by atoms with Gasteiger partial charge in [0.2, 0.25) is 17.8 Å². The SMILES string of the molecule is NCCOCCOCCNC(=O)c1cccc(Nc2nc(NCc3ccc(F)cc3)nc(NCc3ccccc3F)n2)c1. The van der Waals surface area contributed by atoms with Crippen LogP contribution in [0, 0.1) is 11.6 Å². The maximum Gasteiger partial charge on any atom is 0.251 e. The van der Waals surface area contributed by atoms with Crippen molar-refractivity contribution in [2.75, 3.05) is 55.5 Å². The highest BCUT2D eigenvalue weighted by Gasteiger charge is 2.11. The molecule has 0 aliphatic carbocycles. The van der Waals surface area contributed by atoms with Crippen LogP contribution in [0.25, 0.3) is 0 Å². The summed E-state index contributed by atoms with van der Waals surface area (Å²) in [6.07, 6.45) is 0. The second kappa shape index (κ2) is 16.7. The van der Waals surface area contributed by atoms with Crippen molar-refractivity contribution in [2.45, 2.75) is 13.1 Å². The van der Waals surface area contributed by atoms with E-state index in [4.69, 9.17) is 15.2 Å². The number of nitrogens with one attached hydrogen (secondary N) is 4. The third-order valence-corrected chi connectivity index (χ3v) is 5.94. The van der Waals surface area contributed by atoms with Crippen LogP contribution in [0.3, 0.4) is 0 Å². The maximum absolute atomic E-state index is 14.2. The van der Waals surface area contributed by atoms with E-state index in [1.54, 1.807) is 54.6 Å². The molecule has 1 heterocycles. The van der Waals surface area contributed by atoms with Gasteiger partial charge in [0.15, 0.2) is 0 Å². The minimum atomic E-state index is -0.352. The first-order chi connectivity index (χ1) is 21.0. The maximum atomic E-state index is 14.2. The van der Waals surface area contributed by atoms with E-state index in [-0.39, 0.29) is 41.9 Å². The number of hydrogen-bond acceptors (Lipinski definition) is 10. The number of nitrogens with zero attached hydrogens (tertiary/aromatic N) is 3. The van der Waals surface area contributed by atoms with Gasteiger partial charge in [0, 0.05) is 43.0 Å². The fraction of sp³-hybridized carbons (Fsp3) is 0.267. The molecule has 0 unspecified atom stereocenters. The van der Waals surface area contributed by atoms with E-state index >= 15 is 0 Å². The fourth-order valence-electron chi connectivity index (χ4n) is 3.80. The van der Waals surface area contributed by atoms with Gasteiger partial charge in [-0.25, -0.2) is 8.78 Å². The Kier molecular flexibility index (Phi) is 12.1. The third-order valence-electron chi connectivity index (χ3n) is 5.94. The number of carbonyl (C=O) groups excluding carboxylic acids is 1. The van der Waals surface area contributed by atoms with Crippen LogP contribution in [-0.4, -0.2) is 60.4 Å². The van der Waals surface area contributed by atoms with Gasteiger partial charge in [-0.2, -0.15) is 15.0 Å². The lowest BCUT2D eigenvalue weighted by Gasteiger charge is -2.12. The van der Waals surface area contributed by atoms with Crippen molar-refractivity contribution in [1.82, 2.24) is 20.3 Å². The van der Waals surface area contributed by atoms with Crippen molar-refractivity contribution in [3.05, 3.63) is 101 Å². The molecule has 43 heavy (non-hydrogen) atoms. The van der Waals surface area contributed by atoms with Crippen molar-refractivity contribution in [3.63, 3.8) is 0 Å². The van der Waals surface area contributed by atoms with Crippen LogP contribution in [0.1, 0.15) is 21.5 Å². The molecule has 0 bridgehead atoms. The highest BCUT2D eigenvalue weighted by atomic mass is 19.1. The molecule has 0 saturated heterocycles. The van der Waals surface area contributed by atoms with Crippen molar-refractivity contribution >= 4 is 29.4 Å². The summed E-state index contributed by atoms with van der Waals surface area (Å²) in [5.74, 6) is -0.324. The van der Waals surface area contributed by atoms with Gasteiger partial charge in [-0.3, -0.25) is 4.79 Å². The lowest BCUT2D eigenvalue weighted by molar-refractivity contribution is 0.0511. The molecule has 0 atom stereocenters. The number of halogens is 2. The Balaban J connectivity index is 1.40. The second-order valence-corrected chi connectivity index (χ2v) is 9.21. The van der Waals surface area contributed by atoms with E-state index in [0.717, 1.165) is 5.56 Å². The summed E-state index contributed by atoms with van der Waals surface area (Å²) >= 11 is 0. The standard InChI is InChI=1S/C30H34F2N8O3/c31-24-10-8-21(9-11-24)19-35-28-38-29(36-20-23-4-1-2-7-26(23)32)40-30(39-28)37-25-6-3-5-22(18-25)27(41)34-13-15-43-17-16-42-14-12-33/h1-11,18H,12-17,19-20,33H2,(H,34,41)(H3,35,36,37,38,39,40). The van der Waals surface area contributed by atoms with E-state index in [0.29, 0.717) is 62.9 Å². The number of amides is 1. The van der Waals surface area contributed by atoms with Crippen molar-refractivity contribution < 1.29 is 23.0 Å². The topological polar surface area (TPSA) is 148 Å². The lowest BCUT2D eigenvalue weighted by atomic mass is 10.2. The lowest BCUT2D eigenvalue weighted by Crippen LogP contribution is -2.27. The molecule has 3 aromatic carbocycles. The smallest absolute Gasteiger partial charge is 0.251 e. The number of ether oxygens (including phenoxy) is 2. The first-order valence-corrected chi connectivity index (χ1v) is 13.7. The average Bonchev–Trinajstić information content (AvgIpc) is 3.01. The van der Waals surface area contributed by atoms with Gasteiger partial charge < -0.3 is 36.5 Å². The Hall–Kier alpha value is -4.72. The molecule has 0 aliphatic rings. The molecule has 6 N–H and O–H groups in total. The zero-order valence-electron chi connectivity index (χ0n) is 23.5. The van der Waals surface area contributed by atoms with E-state index in [9.17, 15) is 13.6 Å². The Morgan fingerprint density at radius 1 is 0.767 bits per heavy atom. The molecule has 13 heteroatoms. The Morgan fingerprint density at radius 3 is 2.21 bits per heavy atom. The third kappa shape index (κ3) is 10.6. The summed E-state index contributed by atoms with van der Waals surface area (Å²) in [6.45, 7) is 2.95. The Morgan fingerprint density at radius 2 is 1.47 bits per heavy atom. The summed E-state index contributed by atoms with van der Waals surface area (Å²) in [5, 5.41) is 12.1. The highest BCUT2D eigenvalue weighted by molar-refractivity contribution is 5.95. The molecule has 0 saturated carbocycles. The predicted molar refractivity (Wildman–Crippen MR) is 160 cm³/mol. The number of carbonyl (C=O) groups is 1. The minimum absolute atomic E-state index is 0.146. The summed E-state index contributed by atoms with van der Waals surface area (Å²) in [6, 6.07) is 19.3. The van der Waals surface area contributed by atoms with Gasteiger partial charge in [0.1, 0.15) is 11.6 Å². The van der Waals surface area contributed by atoms with Crippen molar-refractivity contribution in [2.24, 2.45) is 5.73 Å². The van der Waals surface area contributed by atoms with Gasteiger partial charge in [-0.15, -0.1) is 0 Å².